The van der Waals surface area contributed by atoms with Crippen molar-refractivity contribution in [2.45, 2.75) is 49.1 Å². The van der Waals surface area contributed by atoms with Crippen molar-refractivity contribution in [3.63, 3.8) is 0 Å². The van der Waals surface area contributed by atoms with E-state index in [-0.39, 0.29) is 36.0 Å². The van der Waals surface area contributed by atoms with Gasteiger partial charge in [0.1, 0.15) is 31.1 Å². The number of nitrogens with one attached hydrogen (secondary N) is 2. The van der Waals surface area contributed by atoms with Crippen LogP contribution in [0.15, 0.2) is 59.5 Å². The highest BCUT2D eigenvalue weighted by Crippen LogP contribution is 2.35. The average molecular weight is 606 g/mol. The fourth-order valence-electron chi connectivity index (χ4n) is 6.01. The van der Waals surface area contributed by atoms with Crippen molar-refractivity contribution in [1.82, 2.24) is 14.5 Å². The number of nitrogens with zero attached hydrogens (tertiary/aromatic N) is 2. The molecular weight excluding hydrogens is 570 g/mol. The number of amidine groups is 1. The first kappa shape index (κ1) is 28.9. The second-order valence-electron chi connectivity index (χ2n) is 11.2. The van der Waals surface area contributed by atoms with Gasteiger partial charge in [0.05, 0.1) is 4.90 Å². The van der Waals surface area contributed by atoms with Crippen LogP contribution in [-0.4, -0.2) is 80.8 Å². The van der Waals surface area contributed by atoms with Crippen LogP contribution in [0.1, 0.15) is 36.8 Å². The summed E-state index contributed by atoms with van der Waals surface area (Å²) in [5.74, 6) is 0.581. The number of hydrogen-bond donors (Lipinski definition) is 3. The molecule has 2 amide bonds. The van der Waals surface area contributed by atoms with Crippen LogP contribution in [0.3, 0.4) is 0 Å². The third kappa shape index (κ3) is 6.02. The van der Waals surface area contributed by atoms with E-state index in [1.54, 1.807) is 30.3 Å². The lowest BCUT2D eigenvalue weighted by Crippen LogP contribution is -2.53. The molecule has 6 rings (SSSR count). The second-order valence-corrected chi connectivity index (χ2v) is 12.9. The normalized spacial score (nSPS) is 19.4. The lowest BCUT2D eigenvalue weighted by Gasteiger charge is -2.34. The van der Waals surface area contributed by atoms with Crippen LogP contribution in [0.2, 0.25) is 0 Å². The number of carbonyl (C=O) groups is 2. The first-order valence-corrected chi connectivity index (χ1v) is 16.1. The van der Waals surface area contributed by atoms with Crippen LogP contribution in [0, 0.1) is 5.41 Å². The minimum Gasteiger partial charge on any atom is -0.486 e. The monoisotopic (exact) mass is 605 g/mol. The Morgan fingerprint density at radius 1 is 0.953 bits per heavy atom. The van der Waals surface area contributed by atoms with E-state index in [0.29, 0.717) is 48.8 Å². The predicted octanol–water partition coefficient (Wildman–Crippen LogP) is 2.40. The highest BCUT2D eigenvalue weighted by molar-refractivity contribution is 7.89. The van der Waals surface area contributed by atoms with E-state index in [4.69, 9.17) is 20.6 Å². The number of nitrogens with two attached hydrogens (primary N) is 1. The summed E-state index contributed by atoms with van der Waals surface area (Å²) < 4.78 is 40.8. The molecule has 3 aliphatic rings. The van der Waals surface area contributed by atoms with Gasteiger partial charge in [0.15, 0.2) is 11.5 Å². The number of hydrogen-bond acceptors (Lipinski definition) is 7. The zero-order valence-electron chi connectivity index (χ0n) is 23.8. The largest absolute Gasteiger partial charge is 0.486 e. The molecule has 0 aromatic heterocycles. The molecule has 226 valence electrons. The van der Waals surface area contributed by atoms with Gasteiger partial charge in [0, 0.05) is 31.6 Å². The maximum atomic E-state index is 13.8. The van der Waals surface area contributed by atoms with Gasteiger partial charge in [0.2, 0.25) is 21.8 Å². The quantitative estimate of drug-likeness (QED) is 0.263. The molecule has 2 unspecified atom stereocenters. The Hall–Kier alpha value is -4.16. The van der Waals surface area contributed by atoms with Crippen LogP contribution in [0.25, 0.3) is 10.8 Å². The van der Waals surface area contributed by atoms with E-state index >= 15 is 0 Å². The maximum Gasteiger partial charge on any atom is 0.245 e. The summed E-state index contributed by atoms with van der Waals surface area (Å²) in [5, 5.41) is 9.12. The molecule has 0 aliphatic carbocycles. The smallest absolute Gasteiger partial charge is 0.245 e. The Labute approximate surface area is 250 Å². The van der Waals surface area contributed by atoms with E-state index in [9.17, 15) is 18.0 Å². The van der Waals surface area contributed by atoms with Crippen molar-refractivity contribution < 1.29 is 27.5 Å². The SMILES string of the molecule is N=C(N)c1ccc(CC(C(=O)N2CCCCC2)N2CCC(NS(=O)(=O)c3ccc4cc5c(cc4c3)OCCO5)C2=O)cc1. The molecule has 43 heavy (non-hydrogen) atoms. The van der Waals surface area contributed by atoms with Crippen molar-refractivity contribution in [3.8, 4) is 11.5 Å². The summed E-state index contributed by atoms with van der Waals surface area (Å²) in [6.07, 6.45) is 3.41. The van der Waals surface area contributed by atoms with E-state index in [2.05, 4.69) is 4.72 Å². The summed E-state index contributed by atoms with van der Waals surface area (Å²) in [6.45, 7) is 2.41. The number of carbonyl (C=O) groups excluding carboxylic acids is 2. The van der Waals surface area contributed by atoms with Crippen molar-refractivity contribution >= 4 is 38.4 Å². The first-order valence-electron chi connectivity index (χ1n) is 14.6. The Balaban J connectivity index is 1.21. The van der Waals surface area contributed by atoms with Gasteiger partial charge in [0.25, 0.3) is 0 Å². The fraction of sp³-hybridized carbons (Fsp3) is 0.387. The molecule has 4 N–H and O–H groups in total. The molecule has 0 radical (unpaired) electrons. The molecule has 3 aromatic rings. The van der Waals surface area contributed by atoms with Gasteiger partial charge in [-0.15, -0.1) is 0 Å². The number of likely N-dealkylation sites (tertiary alicyclic amines) is 2. The van der Waals surface area contributed by atoms with Gasteiger partial charge < -0.3 is 25.0 Å². The molecule has 12 heteroatoms. The topological polar surface area (TPSA) is 155 Å². The number of fused-ring (bicyclic) bond motifs is 2. The fourth-order valence-corrected chi connectivity index (χ4v) is 7.26. The number of sulfonamides is 1. The number of ether oxygens (including phenoxy) is 2. The van der Waals surface area contributed by atoms with Crippen LogP contribution in [0.5, 0.6) is 11.5 Å². The minimum absolute atomic E-state index is 0.0365. The number of nitrogen functional groups attached to an aromatic ring is 1. The standard InChI is InChI=1S/C31H35N5O6S/c32-29(33)21-6-4-20(5-7-21)16-26(31(38)35-11-2-1-3-12-35)36-13-10-25(30(36)37)34-43(39,40)24-9-8-22-18-27-28(19-23(22)17-24)42-15-14-41-27/h4-9,17-19,25-26,34H,1-3,10-16H2,(H3,32,33). The van der Waals surface area contributed by atoms with Gasteiger partial charge in [-0.1, -0.05) is 30.3 Å². The van der Waals surface area contributed by atoms with Gasteiger partial charge in [-0.25, -0.2) is 8.42 Å². The summed E-state index contributed by atoms with van der Waals surface area (Å²) in [6, 6.07) is 13.6. The summed E-state index contributed by atoms with van der Waals surface area (Å²) in [7, 11) is -4.05. The van der Waals surface area contributed by atoms with Crippen LogP contribution >= 0.6 is 0 Å². The molecule has 0 spiro atoms. The van der Waals surface area contributed by atoms with Crippen LogP contribution < -0.4 is 19.9 Å². The molecule has 3 aliphatic heterocycles. The molecule has 3 heterocycles. The zero-order valence-corrected chi connectivity index (χ0v) is 24.6. The highest BCUT2D eigenvalue weighted by atomic mass is 32.2. The van der Waals surface area contributed by atoms with Crippen LogP contribution in [0.4, 0.5) is 0 Å². The molecule has 0 bridgehead atoms. The molecular formula is C31H35N5O6S. The third-order valence-electron chi connectivity index (χ3n) is 8.34. The zero-order chi connectivity index (χ0) is 30.1. The van der Waals surface area contributed by atoms with E-state index < -0.39 is 28.0 Å². The van der Waals surface area contributed by atoms with Gasteiger partial charge >= 0.3 is 0 Å². The Morgan fingerprint density at radius 2 is 1.63 bits per heavy atom. The van der Waals surface area contributed by atoms with Crippen molar-refractivity contribution in [2.75, 3.05) is 32.8 Å². The summed E-state index contributed by atoms with van der Waals surface area (Å²) in [5.41, 5.74) is 6.99. The number of piperidine rings is 1. The number of benzene rings is 3. The predicted molar refractivity (Wildman–Crippen MR) is 161 cm³/mol. The first-order chi connectivity index (χ1) is 20.7. The lowest BCUT2D eigenvalue weighted by atomic mass is 10.0. The molecule has 11 nitrogen and oxygen atoms in total. The van der Waals surface area contributed by atoms with Gasteiger partial charge in [-0.3, -0.25) is 15.0 Å². The molecule has 2 atom stereocenters. The molecule has 2 saturated heterocycles. The van der Waals surface area contributed by atoms with E-state index in [0.717, 1.165) is 30.2 Å². The number of rotatable bonds is 8. The average Bonchev–Trinajstić information content (AvgIpc) is 3.37. The lowest BCUT2D eigenvalue weighted by molar-refractivity contribution is -0.144. The van der Waals surface area contributed by atoms with Gasteiger partial charge in [-0.05, 0) is 66.3 Å². The third-order valence-corrected chi connectivity index (χ3v) is 9.81. The minimum atomic E-state index is -4.05. The summed E-state index contributed by atoms with van der Waals surface area (Å²) in [4.78, 5) is 30.8. The second kappa shape index (κ2) is 11.8. The van der Waals surface area contributed by atoms with E-state index in [1.807, 2.05) is 23.1 Å². The Bertz CT molecular complexity index is 1670. The molecule has 2 fully saturated rings. The Kier molecular flexibility index (Phi) is 7.97. The number of amides is 2. The maximum absolute atomic E-state index is 13.8. The van der Waals surface area contributed by atoms with Crippen molar-refractivity contribution in [3.05, 3.63) is 65.7 Å². The highest BCUT2D eigenvalue weighted by Gasteiger charge is 2.42. The van der Waals surface area contributed by atoms with Crippen LogP contribution in [-0.2, 0) is 26.0 Å². The van der Waals surface area contributed by atoms with Crippen molar-refractivity contribution in [2.24, 2.45) is 5.73 Å². The van der Waals surface area contributed by atoms with E-state index in [1.165, 1.54) is 11.0 Å². The van der Waals surface area contributed by atoms with Crippen molar-refractivity contribution in [1.29, 1.82) is 5.41 Å². The summed E-state index contributed by atoms with van der Waals surface area (Å²) >= 11 is 0. The molecule has 0 saturated carbocycles. The Morgan fingerprint density at radius 3 is 2.30 bits per heavy atom. The van der Waals surface area contributed by atoms with Gasteiger partial charge in [-0.2, -0.15) is 4.72 Å². The molecule has 3 aromatic carbocycles.